The molecule has 6 heteroatoms. The summed E-state index contributed by atoms with van der Waals surface area (Å²) in [7, 11) is 0. The summed E-state index contributed by atoms with van der Waals surface area (Å²) in [5.74, 6) is 0.347. The highest BCUT2D eigenvalue weighted by Crippen LogP contribution is 2.25. The molecular formula is C14H17N3O2S. The minimum Gasteiger partial charge on any atom is -0.381 e. The summed E-state index contributed by atoms with van der Waals surface area (Å²) >= 11 is 1.39. The number of nitrogen functional groups attached to an aromatic ring is 1. The Bertz CT molecular complexity index is 634. The van der Waals surface area contributed by atoms with Gasteiger partial charge in [0.15, 0.2) is 5.13 Å². The third kappa shape index (κ3) is 2.62. The third-order valence-corrected chi connectivity index (χ3v) is 4.55. The first-order valence-electron chi connectivity index (χ1n) is 6.68. The van der Waals surface area contributed by atoms with Crippen LogP contribution in [0.25, 0.3) is 10.2 Å². The molecule has 20 heavy (non-hydrogen) atoms. The molecule has 2 atom stereocenters. The van der Waals surface area contributed by atoms with Crippen molar-refractivity contribution >= 4 is 32.6 Å². The fourth-order valence-corrected chi connectivity index (χ4v) is 3.21. The number of fused-ring (bicyclic) bond motifs is 1. The topological polar surface area (TPSA) is 77.2 Å². The maximum Gasteiger partial charge on any atom is 0.251 e. The van der Waals surface area contributed by atoms with Gasteiger partial charge in [-0.3, -0.25) is 4.79 Å². The highest BCUT2D eigenvalue weighted by Gasteiger charge is 2.24. The Morgan fingerprint density at radius 2 is 2.45 bits per heavy atom. The van der Waals surface area contributed by atoms with Crippen molar-refractivity contribution in [2.24, 2.45) is 5.92 Å². The Labute approximate surface area is 121 Å². The number of rotatable bonds is 3. The predicted octanol–water partition coefficient (Wildman–Crippen LogP) is 2.03. The number of aromatic nitrogens is 1. The van der Waals surface area contributed by atoms with Crippen LogP contribution < -0.4 is 11.1 Å². The van der Waals surface area contributed by atoms with E-state index >= 15 is 0 Å². The zero-order chi connectivity index (χ0) is 14.1. The smallest absolute Gasteiger partial charge is 0.251 e. The van der Waals surface area contributed by atoms with Crippen molar-refractivity contribution in [2.45, 2.75) is 19.4 Å². The summed E-state index contributed by atoms with van der Waals surface area (Å²) < 4.78 is 6.29. The lowest BCUT2D eigenvalue weighted by molar-refractivity contribution is 0.0922. The molecule has 0 bridgehead atoms. The average Bonchev–Trinajstić information content (AvgIpc) is 3.05. The van der Waals surface area contributed by atoms with Crippen LogP contribution in [0.15, 0.2) is 18.2 Å². The maximum absolute atomic E-state index is 12.3. The lowest BCUT2D eigenvalue weighted by Gasteiger charge is -2.19. The number of nitrogens with zero attached hydrogens (tertiary/aromatic N) is 1. The predicted molar refractivity (Wildman–Crippen MR) is 79.9 cm³/mol. The molecule has 1 fully saturated rings. The molecule has 106 valence electrons. The molecule has 1 aromatic heterocycles. The van der Waals surface area contributed by atoms with Gasteiger partial charge in [0.25, 0.3) is 5.91 Å². The van der Waals surface area contributed by atoms with E-state index in [9.17, 15) is 4.79 Å². The van der Waals surface area contributed by atoms with Gasteiger partial charge in [-0.15, -0.1) is 0 Å². The Hall–Kier alpha value is -1.66. The SMILES string of the molecule is CC(NC(=O)c1ccc2nc(N)sc2c1)C1CCOC1. The monoisotopic (exact) mass is 291 g/mol. The minimum atomic E-state index is -0.0572. The molecule has 0 spiro atoms. The van der Waals surface area contributed by atoms with E-state index in [0.29, 0.717) is 16.6 Å². The van der Waals surface area contributed by atoms with Crippen molar-refractivity contribution in [1.82, 2.24) is 10.3 Å². The van der Waals surface area contributed by atoms with Crippen molar-refractivity contribution < 1.29 is 9.53 Å². The molecule has 5 nitrogen and oxygen atoms in total. The molecule has 1 aromatic carbocycles. The lowest BCUT2D eigenvalue weighted by atomic mass is 10.0. The molecule has 2 aromatic rings. The summed E-state index contributed by atoms with van der Waals surface area (Å²) in [6, 6.07) is 5.58. The quantitative estimate of drug-likeness (QED) is 0.907. The van der Waals surface area contributed by atoms with Crippen LogP contribution in [0.1, 0.15) is 23.7 Å². The number of hydrogen-bond donors (Lipinski definition) is 2. The second-order valence-corrected chi connectivity index (χ2v) is 6.18. The fourth-order valence-electron chi connectivity index (χ4n) is 2.44. The number of ether oxygens (including phenoxy) is 1. The van der Waals surface area contributed by atoms with Gasteiger partial charge in [0, 0.05) is 24.1 Å². The summed E-state index contributed by atoms with van der Waals surface area (Å²) in [6.07, 6.45) is 1.01. The first-order valence-corrected chi connectivity index (χ1v) is 7.50. The standard InChI is InChI=1S/C14H17N3O2S/c1-8(10-4-5-19-7-10)16-13(18)9-2-3-11-12(6-9)20-14(15)17-11/h2-3,6,8,10H,4-5,7H2,1H3,(H2,15,17)(H,16,18). The second-order valence-electron chi connectivity index (χ2n) is 5.12. The van der Waals surface area contributed by atoms with Gasteiger partial charge in [-0.25, -0.2) is 4.98 Å². The number of carbonyl (C=O) groups is 1. The Balaban J connectivity index is 1.74. The fraction of sp³-hybridized carbons (Fsp3) is 0.429. The second kappa shape index (κ2) is 5.38. The first kappa shape index (κ1) is 13.3. The van der Waals surface area contributed by atoms with Crippen LogP contribution in [0.3, 0.4) is 0 Å². The summed E-state index contributed by atoms with van der Waals surface area (Å²) in [5.41, 5.74) is 7.15. The maximum atomic E-state index is 12.3. The van der Waals surface area contributed by atoms with E-state index in [1.54, 1.807) is 6.07 Å². The number of nitrogens with one attached hydrogen (secondary N) is 1. The van der Waals surface area contributed by atoms with Gasteiger partial charge in [0.1, 0.15) is 0 Å². The number of carbonyl (C=O) groups excluding carboxylic acids is 1. The lowest BCUT2D eigenvalue weighted by Crippen LogP contribution is -2.38. The van der Waals surface area contributed by atoms with E-state index < -0.39 is 0 Å². The van der Waals surface area contributed by atoms with Crippen LogP contribution in [-0.2, 0) is 4.74 Å². The van der Waals surface area contributed by atoms with E-state index in [0.717, 1.165) is 29.9 Å². The van der Waals surface area contributed by atoms with E-state index in [2.05, 4.69) is 10.3 Å². The van der Waals surface area contributed by atoms with Crippen molar-refractivity contribution in [3.05, 3.63) is 23.8 Å². The van der Waals surface area contributed by atoms with Crippen molar-refractivity contribution in [3.8, 4) is 0 Å². The van der Waals surface area contributed by atoms with Gasteiger partial charge in [-0.2, -0.15) is 0 Å². The van der Waals surface area contributed by atoms with Crippen LogP contribution in [0.5, 0.6) is 0 Å². The average molecular weight is 291 g/mol. The van der Waals surface area contributed by atoms with Gasteiger partial charge >= 0.3 is 0 Å². The summed E-state index contributed by atoms with van der Waals surface area (Å²) in [6.45, 7) is 3.54. The largest absolute Gasteiger partial charge is 0.381 e. The molecule has 0 radical (unpaired) electrons. The zero-order valence-electron chi connectivity index (χ0n) is 11.3. The number of hydrogen-bond acceptors (Lipinski definition) is 5. The first-order chi connectivity index (χ1) is 9.63. The highest BCUT2D eigenvalue weighted by atomic mass is 32.1. The summed E-state index contributed by atoms with van der Waals surface area (Å²) in [4.78, 5) is 16.4. The molecular weight excluding hydrogens is 274 g/mol. The number of anilines is 1. The molecule has 1 amide bonds. The number of amides is 1. The number of nitrogens with two attached hydrogens (primary N) is 1. The normalized spacial score (nSPS) is 20.1. The van der Waals surface area contributed by atoms with Gasteiger partial charge < -0.3 is 15.8 Å². The molecule has 3 rings (SSSR count). The van der Waals surface area contributed by atoms with E-state index in [-0.39, 0.29) is 11.9 Å². The van der Waals surface area contributed by atoms with E-state index in [4.69, 9.17) is 10.5 Å². The van der Waals surface area contributed by atoms with Gasteiger partial charge in [-0.1, -0.05) is 11.3 Å². The van der Waals surface area contributed by atoms with E-state index in [1.165, 1.54) is 11.3 Å². The molecule has 0 aliphatic carbocycles. The summed E-state index contributed by atoms with van der Waals surface area (Å²) in [5, 5.41) is 3.57. The Kier molecular flexibility index (Phi) is 3.58. The molecule has 1 aliphatic heterocycles. The molecule has 2 unspecified atom stereocenters. The Morgan fingerprint density at radius 1 is 1.60 bits per heavy atom. The zero-order valence-corrected chi connectivity index (χ0v) is 12.1. The van der Waals surface area contributed by atoms with Crippen molar-refractivity contribution in [1.29, 1.82) is 0 Å². The minimum absolute atomic E-state index is 0.0572. The molecule has 1 aliphatic rings. The molecule has 3 N–H and O–H groups in total. The molecule has 0 saturated carbocycles. The van der Waals surface area contributed by atoms with Crippen LogP contribution in [0.2, 0.25) is 0 Å². The third-order valence-electron chi connectivity index (χ3n) is 3.70. The van der Waals surface area contributed by atoms with Crippen molar-refractivity contribution in [2.75, 3.05) is 18.9 Å². The molecule has 1 saturated heterocycles. The van der Waals surface area contributed by atoms with Crippen LogP contribution in [-0.4, -0.2) is 30.1 Å². The van der Waals surface area contributed by atoms with E-state index in [1.807, 2.05) is 19.1 Å². The van der Waals surface area contributed by atoms with Crippen LogP contribution in [0.4, 0.5) is 5.13 Å². The number of thiazole rings is 1. The van der Waals surface area contributed by atoms with Crippen LogP contribution >= 0.6 is 11.3 Å². The van der Waals surface area contributed by atoms with Crippen LogP contribution in [0, 0.1) is 5.92 Å². The van der Waals surface area contributed by atoms with Gasteiger partial charge in [0.05, 0.1) is 16.8 Å². The van der Waals surface area contributed by atoms with Gasteiger partial charge in [0.2, 0.25) is 0 Å². The highest BCUT2D eigenvalue weighted by molar-refractivity contribution is 7.22. The molecule has 2 heterocycles. The Morgan fingerprint density at radius 3 is 3.20 bits per heavy atom. The number of benzene rings is 1. The van der Waals surface area contributed by atoms with Gasteiger partial charge in [-0.05, 0) is 31.5 Å². The van der Waals surface area contributed by atoms with Crippen molar-refractivity contribution in [3.63, 3.8) is 0 Å².